The zero-order valence-electron chi connectivity index (χ0n) is 29.5. The molecule has 2 heterocycles. The van der Waals surface area contributed by atoms with Crippen molar-refractivity contribution in [3.63, 3.8) is 0 Å². The zero-order valence-corrected chi connectivity index (χ0v) is 29.5. The van der Waals surface area contributed by atoms with Gasteiger partial charge in [0, 0.05) is 17.1 Å². The molecule has 258 valence electrons. The largest absolute Gasteiger partial charge is 0.310 e. The van der Waals surface area contributed by atoms with Crippen LogP contribution in [0, 0.1) is 0 Å². The van der Waals surface area contributed by atoms with E-state index in [0.29, 0.717) is 0 Å². The van der Waals surface area contributed by atoms with E-state index in [4.69, 9.17) is 20.4 Å². The van der Waals surface area contributed by atoms with Gasteiger partial charge >= 0.3 is 0 Å². The molecule has 11 aromatic rings. The molecule has 0 amide bonds. The molecule has 0 aliphatic rings. The molecular weight excluding hydrogens is 675 g/mol. The van der Waals surface area contributed by atoms with Crippen molar-refractivity contribution in [3.05, 3.63) is 188 Å². The number of anilines is 3. The van der Waals surface area contributed by atoms with E-state index in [9.17, 15) is 0 Å². The maximum atomic E-state index is 4.70. The van der Waals surface area contributed by atoms with Crippen LogP contribution in [0.25, 0.3) is 76.9 Å². The highest BCUT2D eigenvalue weighted by Gasteiger charge is 2.16. The lowest BCUT2D eigenvalue weighted by atomic mass is 9.96. The van der Waals surface area contributed by atoms with Crippen molar-refractivity contribution in [3.8, 4) is 22.5 Å². The highest BCUT2D eigenvalue weighted by Crippen LogP contribution is 2.39. The first-order chi connectivity index (χ1) is 27.2. The summed E-state index contributed by atoms with van der Waals surface area (Å²) < 4.78 is 0. The summed E-state index contributed by atoms with van der Waals surface area (Å²) >= 11 is 0. The van der Waals surface area contributed by atoms with Crippen molar-refractivity contribution in [1.82, 2.24) is 30.0 Å². The quantitative estimate of drug-likeness (QED) is 0.161. The molecule has 2 aromatic heterocycles. The Hall–Kier alpha value is -7.64. The van der Waals surface area contributed by atoms with E-state index in [1.807, 2.05) is 48.5 Å². The van der Waals surface area contributed by atoms with Gasteiger partial charge in [-0.1, -0.05) is 91.0 Å². The maximum Gasteiger partial charge on any atom is 0.113 e. The van der Waals surface area contributed by atoms with Crippen LogP contribution in [0.4, 0.5) is 17.1 Å². The molecule has 0 saturated heterocycles. The smallest absolute Gasteiger partial charge is 0.113 e. The molecule has 0 bridgehead atoms. The van der Waals surface area contributed by atoms with E-state index in [2.05, 4.69) is 144 Å². The summed E-state index contributed by atoms with van der Waals surface area (Å²) in [5, 5.41) is 26.1. The molecule has 0 aliphatic heterocycles. The molecule has 0 radical (unpaired) electrons. The minimum absolute atomic E-state index is 0.862. The van der Waals surface area contributed by atoms with Gasteiger partial charge in [-0.25, -0.2) is 0 Å². The van der Waals surface area contributed by atoms with Crippen LogP contribution >= 0.6 is 0 Å². The van der Waals surface area contributed by atoms with Crippen LogP contribution < -0.4 is 4.90 Å². The number of aromatic nitrogens is 6. The third-order valence-corrected chi connectivity index (χ3v) is 10.4. The van der Waals surface area contributed by atoms with Crippen molar-refractivity contribution in [2.24, 2.45) is 0 Å². The van der Waals surface area contributed by atoms with Gasteiger partial charge in [-0.15, -0.1) is 20.4 Å². The van der Waals surface area contributed by atoms with Gasteiger partial charge in [0.25, 0.3) is 0 Å². The van der Waals surface area contributed by atoms with Crippen LogP contribution in [-0.4, -0.2) is 30.0 Å². The van der Waals surface area contributed by atoms with Gasteiger partial charge in [0.15, 0.2) is 0 Å². The van der Waals surface area contributed by atoms with Crippen molar-refractivity contribution in [1.29, 1.82) is 0 Å². The molecule has 9 aromatic carbocycles. The number of nitrogens with zero attached hydrogens (tertiary/aromatic N) is 7. The molecule has 0 saturated carbocycles. The normalized spacial score (nSPS) is 11.6. The summed E-state index contributed by atoms with van der Waals surface area (Å²) in [7, 11) is 0. The summed E-state index contributed by atoms with van der Waals surface area (Å²) in [6.07, 6.45) is 0. The van der Waals surface area contributed by atoms with Crippen LogP contribution in [0.1, 0.15) is 0 Å². The van der Waals surface area contributed by atoms with E-state index in [1.165, 1.54) is 43.4 Å². The van der Waals surface area contributed by atoms with Crippen LogP contribution in [0.5, 0.6) is 0 Å². The van der Waals surface area contributed by atoms with E-state index in [1.54, 1.807) is 9.59 Å². The van der Waals surface area contributed by atoms with E-state index in [-0.39, 0.29) is 0 Å². The van der Waals surface area contributed by atoms with Gasteiger partial charge in [0.2, 0.25) is 0 Å². The van der Waals surface area contributed by atoms with Gasteiger partial charge in [-0.3, -0.25) is 0 Å². The number of hydrogen-bond donors (Lipinski definition) is 0. The lowest BCUT2D eigenvalue weighted by molar-refractivity contribution is 0.765. The molecule has 55 heavy (non-hydrogen) atoms. The SMILES string of the molecule is c1ccc2cc(-c3ccc4c(ccc5cc(N(c6ccc(-n7nc8ccccc8n7)cc6)c6ccc(-n7nc8ccccc8n7)cc6)ccc54)c3)ccc2c1. The summed E-state index contributed by atoms with van der Waals surface area (Å²) in [6.45, 7) is 0. The number of rotatable bonds is 6. The maximum absolute atomic E-state index is 4.70. The average molecular weight is 706 g/mol. The first-order valence-electron chi connectivity index (χ1n) is 18.3. The van der Waals surface area contributed by atoms with E-state index < -0.39 is 0 Å². The molecule has 0 spiro atoms. The monoisotopic (exact) mass is 705 g/mol. The molecular formula is C48H31N7. The Balaban J connectivity index is 0.984. The second kappa shape index (κ2) is 12.5. The number of fused-ring (bicyclic) bond motifs is 6. The molecule has 0 fully saturated rings. The second-order valence-corrected chi connectivity index (χ2v) is 13.8. The molecule has 0 atom stereocenters. The Morgan fingerprint density at radius 2 is 0.709 bits per heavy atom. The molecule has 7 heteroatoms. The molecule has 0 unspecified atom stereocenters. The lowest BCUT2D eigenvalue weighted by Crippen LogP contribution is -2.10. The van der Waals surface area contributed by atoms with Gasteiger partial charge in [0.1, 0.15) is 22.1 Å². The standard InChI is InChI=1S/C48H31N7/c1-2-8-33-29-34(14-13-32(33)7-1)35-17-27-43-36(30-35)15-16-37-31-42(26-28-44(37)43)53(38-18-22-40(23-19-38)54-49-45-9-3-4-10-46(45)50-54)39-20-24-41(25-21-39)55-51-47-11-5-6-12-48(47)52-55/h1-31H. The van der Waals surface area contributed by atoms with E-state index >= 15 is 0 Å². The highest BCUT2D eigenvalue weighted by molar-refractivity contribution is 6.09. The summed E-state index contributed by atoms with van der Waals surface area (Å²) in [4.78, 5) is 5.67. The second-order valence-electron chi connectivity index (χ2n) is 13.8. The van der Waals surface area contributed by atoms with Gasteiger partial charge in [-0.2, -0.15) is 9.59 Å². The number of benzene rings is 9. The van der Waals surface area contributed by atoms with Gasteiger partial charge < -0.3 is 4.90 Å². The van der Waals surface area contributed by atoms with Crippen LogP contribution in [0.2, 0.25) is 0 Å². The first kappa shape index (κ1) is 30.9. The Kier molecular flexibility index (Phi) is 7.03. The average Bonchev–Trinajstić information content (AvgIpc) is 3.89. The Morgan fingerprint density at radius 1 is 0.309 bits per heavy atom. The first-order valence-corrected chi connectivity index (χ1v) is 18.3. The Morgan fingerprint density at radius 3 is 1.25 bits per heavy atom. The lowest BCUT2D eigenvalue weighted by Gasteiger charge is -2.26. The van der Waals surface area contributed by atoms with Gasteiger partial charge in [-0.05, 0) is 141 Å². The van der Waals surface area contributed by atoms with Crippen LogP contribution in [-0.2, 0) is 0 Å². The zero-order chi connectivity index (χ0) is 36.3. The highest BCUT2D eigenvalue weighted by atomic mass is 15.5. The predicted octanol–water partition coefficient (Wildman–Crippen LogP) is 11.8. The summed E-state index contributed by atoms with van der Waals surface area (Å²) in [6, 6.07) is 65.8. The van der Waals surface area contributed by atoms with Crippen molar-refractivity contribution in [2.45, 2.75) is 0 Å². The Bertz CT molecular complexity index is 3030. The van der Waals surface area contributed by atoms with Crippen molar-refractivity contribution >= 4 is 71.4 Å². The fourth-order valence-corrected chi connectivity index (χ4v) is 7.61. The minimum Gasteiger partial charge on any atom is -0.310 e. The number of hydrogen-bond acceptors (Lipinski definition) is 5. The predicted molar refractivity (Wildman–Crippen MR) is 224 cm³/mol. The van der Waals surface area contributed by atoms with Crippen LogP contribution in [0.3, 0.4) is 0 Å². The van der Waals surface area contributed by atoms with Crippen LogP contribution in [0.15, 0.2) is 188 Å². The summed E-state index contributed by atoms with van der Waals surface area (Å²) in [5.74, 6) is 0. The summed E-state index contributed by atoms with van der Waals surface area (Å²) in [5.41, 5.74) is 10.7. The fourth-order valence-electron chi connectivity index (χ4n) is 7.61. The third-order valence-electron chi connectivity index (χ3n) is 10.4. The minimum atomic E-state index is 0.862. The van der Waals surface area contributed by atoms with Crippen molar-refractivity contribution in [2.75, 3.05) is 4.90 Å². The van der Waals surface area contributed by atoms with Crippen molar-refractivity contribution < 1.29 is 0 Å². The fraction of sp³-hybridized carbons (Fsp3) is 0. The topological polar surface area (TPSA) is 64.7 Å². The molecule has 7 nitrogen and oxygen atoms in total. The molecule has 11 rings (SSSR count). The third kappa shape index (κ3) is 5.45. The van der Waals surface area contributed by atoms with Gasteiger partial charge in [0.05, 0.1) is 11.4 Å². The Labute approximate surface area is 315 Å². The molecule has 0 aliphatic carbocycles. The molecule has 0 N–H and O–H groups in total. The van der Waals surface area contributed by atoms with E-state index in [0.717, 1.165) is 50.5 Å².